The van der Waals surface area contributed by atoms with E-state index >= 15 is 0 Å². The lowest BCUT2D eigenvalue weighted by Crippen LogP contribution is -2.44. The minimum absolute atomic E-state index is 0.0385. The molecule has 1 aromatic rings. The molecule has 2 heterocycles. The van der Waals surface area contributed by atoms with E-state index < -0.39 is 0 Å². The first kappa shape index (κ1) is 15.8. The molecule has 0 bridgehead atoms. The lowest BCUT2D eigenvalue weighted by atomic mass is 9.96. The molecule has 6 nitrogen and oxygen atoms in total. The Hall–Kier alpha value is -2.11. The van der Waals surface area contributed by atoms with E-state index in [-0.39, 0.29) is 23.7 Å². The highest BCUT2D eigenvalue weighted by atomic mass is 16.2. The van der Waals surface area contributed by atoms with Gasteiger partial charge in [-0.2, -0.15) is 0 Å². The van der Waals surface area contributed by atoms with Crippen molar-refractivity contribution in [1.29, 1.82) is 0 Å². The second-order valence-corrected chi connectivity index (χ2v) is 6.68. The van der Waals surface area contributed by atoms with Gasteiger partial charge in [-0.1, -0.05) is 0 Å². The van der Waals surface area contributed by atoms with Crippen LogP contribution in [0.4, 0.5) is 11.5 Å². The van der Waals surface area contributed by atoms with Gasteiger partial charge in [-0.25, -0.2) is 4.98 Å². The van der Waals surface area contributed by atoms with Crippen molar-refractivity contribution in [3.05, 3.63) is 18.3 Å². The van der Waals surface area contributed by atoms with Crippen LogP contribution in [0.3, 0.4) is 0 Å². The molecule has 1 saturated carbocycles. The van der Waals surface area contributed by atoms with Gasteiger partial charge in [0.25, 0.3) is 0 Å². The fourth-order valence-corrected chi connectivity index (χ4v) is 2.93. The number of amides is 2. The van der Waals surface area contributed by atoms with Crippen LogP contribution in [0.5, 0.6) is 0 Å². The topological polar surface area (TPSA) is 65.5 Å². The number of hydrogen-bond donors (Lipinski definition) is 1. The molecule has 2 amide bonds. The lowest BCUT2D eigenvalue weighted by Gasteiger charge is -2.32. The Labute approximate surface area is 136 Å². The van der Waals surface area contributed by atoms with E-state index in [0.29, 0.717) is 12.4 Å². The molecule has 1 aromatic heterocycles. The predicted molar refractivity (Wildman–Crippen MR) is 89.2 cm³/mol. The fourth-order valence-electron chi connectivity index (χ4n) is 2.93. The number of nitrogens with one attached hydrogen (secondary N) is 1. The molecule has 2 fully saturated rings. The lowest BCUT2D eigenvalue weighted by molar-refractivity contribution is -0.135. The zero-order chi connectivity index (χ0) is 16.4. The van der Waals surface area contributed by atoms with E-state index in [2.05, 4.69) is 10.3 Å². The van der Waals surface area contributed by atoms with Gasteiger partial charge in [0.2, 0.25) is 11.8 Å². The van der Waals surface area contributed by atoms with Crippen molar-refractivity contribution in [2.75, 3.05) is 37.4 Å². The summed E-state index contributed by atoms with van der Waals surface area (Å²) >= 11 is 0. The molecule has 1 unspecified atom stereocenters. The summed E-state index contributed by atoms with van der Waals surface area (Å²) in [4.78, 5) is 32.7. The quantitative estimate of drug-likeness (QED) is 0.919. The Morgan fingerprint density at radius 3 is 2.61 bits per heavy atom. The Kier molecular flexibility index (Phi) is 4.50. The zero-order valence-electron chi connectivity index (χ0n) is 13.8. The monoisotopic (exact) mass is 316 g/mol. The number of carbonyl (C=O) groups is 2. The minimum atomic E-state index is -0.137. The van der Waals surface area contributed by atoms with Crippen LogP contribution in [0.1, 0.15) is 25.7 Å². The largest absolute Gasteiger partial charge is 0.376 e. The number of piperidine rings is 1. The summed E-state index contributed by atoms with van der Waals surface area (Å²) in [7, 11) is 3.89. The van der Waals surface area contributed by atoms with Crippen molar-refractivity contribution < 1.29 is 9.59 Å². The number of likely N-dealkylation sites (tertiary alicyclic amines) is 1. The number of nitrogens with zero attached hydrogens (tertiary/aromatic N) is 3. The van der Waals surface area contributed by atoms with Crippen LogP contribution in [0.15, 0.2) is 18.3 Å². The molecule has 0 aromatic carbocycles. The average molecular weight is 316 g/mol. The van der Waals surface area contributed by atoms with E-state index in [1.165, 1.54) is 0 Å². The molecule has 1 aliphatic heterocycles. The first-order valence-corrected chi connectivity index (χ1v) is 8.27. The van der Waals surface area contributed by atoms with Gasteiger partial charge in [0.15, 0.2) is 0 Å². The molecule has 23 heavy (non-hydrogen) atoms. The molecule has 1 aliphatic carbocycles. The standard InChI is InChI=1S/C17H24N4O2/c1-20(2)14-7-8-15(18-10-14)19-16(22)13-4-3-9-21(11-13)17(23)12-5-6-12/h7-8,10,12-13H,3-6,9,11H2,1-2H3,(H,18,19,22). The third-order valence-electron chi connectivity index (χ3n) is 4.55. The maximum Gasteiger partial charge on any atom is 0.230 e. The second-order valence-electron chi connectivity index (χ2n) is 6.68. The van der Waals surface area contributed by atoms with Crippen LogP contribution in [-0.4, -0.2) is 48.9 Å². The van der Waals surface area contributed by atoms with Crippen molar-refractivity contribution in [3.8, 4) is 0 Å². The van der Waals surface area contributed by atoms with Gasteiger partial charge in [-0.05, 0) is 37.8 Å². The average Bonchev–Trinajstić information content (AvgIpc) is 3.39. The highest BCUT2D eigenvalue weighted by Crippen LogP contribution is 2.32. The van der Waals surface area contributed by atoms with Crippen molar-refractivity contribution >= 4 is 23.3 Å². The van der Waals surface area contributed by atoms with Gasteiger partial charge in [0.1, 0.15) is 5.82 Å². The summed E-state index contributed by atoms with van der Waals surface area (Å²) < 4.78 is 0. The highest BCUT2D eigenvalue weighted by molar-refractivity contribution is 5.92. The van der Waals surface area contributed by atoms with E-state index in [0.717, 1.165) is 37.9 Å². The molecule has 3 rings (SSSR count). The minimum Gasteiger partial charge on any atom is -0.376 e. The third-order valence-corrected chi connectivity index (χ3v) is 4.55. The Morgan fingerprint density at radius 1 is 1.22 bits per heavy atom. The van der Waals surface area contributed by atoms with E-state index in [1.54, 1.807) is 6.20 Å². The number of hydrogen-bond acceptors (Lipinski definition) is 4. The van der Waals surface area contributed by atoms with Crippen molar-refractivity contribution in [2.24, 2.45) is 11.8 Å². The molecule has 6 heteroatoms. The van der Waals surface area contributed by atoms with Gasteiger partial charge in [-0.3, -0.25) is 9.59 Å². The van der Waals surface area contributed by atoms with Gasteiger partial charge in [-0.15, -0.1) is 0 Å². The van der Waals surface area contributed by atoms with E-state index in [1.807, 2.05) is 36.0 Å². The van der Waals surface area contributed by atoms with Gasteiger partial charge >= 0.3 is 0 Å². The van der Waals surface area contributed by atoms with E-state index in [4.69, 9.17) is 0 Å². The molecule has 2 aliphatic rings. The van der Waals surface area contributed by atoms with Gasteiger partial charge < -0.3 is 15.1 Å². The zero-order valence-corrected chi connectivity index (χ0v) is 13.8. The SMILES string of the molecule is CN(C)c1ccc(NC(=O)C2CCCN(C(=O)C3CC3)C2)nc1. The maximum absolute atomic E-state index is 12.4. The summed E-state index contributed by atoms with van der Waals surface area (Å²) in [5.41, 5.74) is 0.988. The smallest absolute Gasteiger partial charge is 0.230 e. The van der Waals surface area contributed by atoms with Crippen molar-refractivity contribution in [2.45, 2.75) is 25.7 Å². The first-order chi connectivity index (χ1) is 11.0. The van der Waals surface area contributed by atoms with Gasteiger partial charge in [0, 0.05) is 33.1 Å². The number of pyridine rings is 1. The van der Waals surface area contributed by atoms with Crippen molar-refractivity contribution in [1.82, 2.24) is 9.88 Å². The Morgan fingerprint density at radius 2 is 2.00 bits per heavy atom. The molecule has 0 spiro atoms. The second kappa shape index (κ2) is 6.56. The maximum atomic E-state index is 12.4. The Bertz CT molecular complexity index is 581. The Balaban J connectivity index is 1.57. The van der Waals surface area contributed by atoms with Gasteiger partial charge in [0.05, 0.1) is 17.8 Å². The number of rotatable bonds is 4. The molecular weight excluding hydrogens is 292 g/mol. The van der Waals surface area contributed by atoms with Crippen LogP contribution in [-0.2, 0) is 9.59 Å². The third kappa shape index (κ3) is 3.81. The number of carbonyl (C=O) groups excluding carboxylic acids is 2. The fraction of sp³-hybridized carbons (Fsp3) is 0.588. The molecule has 0 radical (unpaired) electrons. The molecular formula is C17H24N4O2. The van der Waals surface area contributed by atoms with Crippen LogP contribution < -0.4 is 10.2 Å². The molecule has 1 N–H and O–H groups in total. The number of anilines is 2. The van der Waals surface area contributed by atoms with Crippen LogP contribution >= 0.6 is 0 Å². The summed E-state index contributed by atoms with van der Waals surface area (Å²) in [6.45, 7) is 1.33. The summed E-state index contributed by atoms with van der Waals surface area (Å²) in [6, 6.07) is 3.73. The van der Waals surface area contributed by atoms with Crippen molar-refractivity contribution in [3.63, 3.8) is 0 Å². The summed E-state index contributed by atoms with van der Waals surface area (Å²) in [5, 5.41) is 2.88. The number of aromatic nitrogens is 1. The van der Waals surface area contributed by atoms with E-state index in [9.17, 15) is 9.59 Å². The molecule has 1 atom stereocenters. The van der Waals surface area contributed by atoms with Crippen LogP contribution in [0.2, 0.25) is 0 Å². The highest BCUT2D eigenvalue weighted by Gasteiger charge is 2.36. The van der Waals surface area contributed by atoms with Crippen LogP contribution in [0, 0.1) is 11.8 Å². The summed E-state index contributed by atoms with van der Waals surface area (Å²) in [5.74, 6) is 0.837. The molecule has 124 valence electrons. The molecule has 1 saturated heterocycles. The summed E-state index contributed by atoms with van der Waals surface area (Å²) in [6.07, 6.45) is 5.47. The van der Waals surface area contributed by atoms with Crippen LogP contribution in [0.25, 0.3) is 0 Å². The normalized spacial score (nSPS) is 21.0. The predicted octanol–water partition coefficient (Wildman–Crippen LogP) is 1.73. The first-order valence-electron chi connectivity index (χ1n) is 8.27.